The van der Waals surface area contributed by atoms with Crippen molar-refractivity contribution < 1.29 is 13.2 Å². The van der Waals surface area contributed by atoms with Crippen molar-refractivity contribution in [2.75, 3.05) is 25.6 Å². The van der Waals surface area contributed by atoms with E-state index in [1.807, 2.05) is 0 Å². The molecule has 0 aromatic heterocycles. The van der Waals surface area contributed by atoms with Crippen molar-refractivity contribution in [1.82, 2.24) is 4.90 Å². The van der Waals surface area contributed by atoms with E-state index in [-0.39, 0.29) is 18.2 Å². The van der Waals surface area contributed by atoms with Gasteiger partial charge in [-0.3, -0.25) is 4.79 Å². The predicted molar refractivity (Wildman–Crippen MR) is 75.8 cm³/mol. The fourth-order valence-electron chi connectivity index (χ4n) is 1.25. The van der Waals surface area contributed by atoms with Gasteiger partial charge in [0.15, 0.2) is 0 Å². The Labute approximate surface area is 120 Å². The van der Waals surface area contributed by atoms with E-state index in [1.54, 1.807) is 25.2 Å². The van der Waals surface area contributed by atoms with Crippen molar-refractivity contribution in [2.24, 2.45) is 0 Å². The van der Waals surface area contributed by atoms with Gasteiger partial charge in [0.05, 0.1) is 10.8 Å². The number of hydrogen-bond acceptors (Lipinski definition) is 3. The molecule has 0 unspecified atom stereocenters. The summed E-state index contributed by atoms with van der Waals surface area (Å²) in [6.07, 6.45) is 1.14. The normalized spacial score (nSPS) is 11.3. The van der Waals surface area contributed by atoms with E-state index in [2.05, 4.69) is 15.9 Å². The maximum atomic E-state index is 12.0. The molecule has 7 heteroatoms. The second-order valence-corrected chi connectivity index (χ2v) is 7.51. The highest BCUT2D eigenvalue weighted by molar-refractivity contribution is 9.10. The SMILES string of the molecule is CN(CCS(C)(=O)=O)C(=O)c1ccc(Br)c(Cl)c1. The largest absolute Gasteiger partial charge is 0.341 e. The van der Waals surface area contributed by atoms with Crippen LogP contribution in [0.5, 0.6) is 0 Å². The number of carbonyl (C=O) groups excluding carboxylic acids is 1. The van der Waals surface area contributed by atoms with Crippen LogP contribution >= 0.6 is 27.5 Å². The van der Waals surface area contributed by atoms with Crippen LogP contribution in [0.15, 0.2) is 22.7 Å². The van der Waals surface area contributed by atoms with Gasteiger partial charge in [0.1, 0.15) is 9.84 Å². The van der Waals surface area contributed by atoms with Gasteiger partial charge in [0, 0.05) is 29.9 Å². The van der Waals surface area contributed by atoms with Crippen LogP contribution < -0.4 is 0 Å². The number of rotatable bonds is 4. The molecule has 0 saturated heterocycles. The highest BCUT2D eigenvalue weighted by Crippen LogP contribution is 2.23. The molecule has 0 aliphatic rings. The zero-order chi connectivity index (χ0) is 13.9. The Kier molecular flexibility index (Phi) is 5.19. The summed E-state index contributed by atoms with van der Waals surface area (Å²) >= 11 is 9.13. The Morgan fingerprint density at radius 2 is 2.06 bits per heavy atom. The van der Waals surface area contributed by atoms with Crippen LogP contribution in [-0.2, 0) is 9.84 Å². The Hall–Kier alpha value is -0.590. The van der Waals surface area contributed by atoms with Gasteiger partial charge in [-0.25, -0.2) is 8.42 Å². The average molecular weight is 355 g/mol. The van der Waals surface area contributed by atoms with Gasteiger partial charge in [0.2, 0.25) is 0 Å². The maximum Gasteiger partial charge on any atom is 0.253 e. The lowest BCUT2D eigenvalue weighted by Gasteiger charge is -2.16. The molecule has 1 amide bonds. The second-order valence-electron chi connectivity index (χ2n) is 3.99. The zero-order valence-electron chi connectivity index (χ0n) is 9.98. The molecular formula is C11H13BrClNO3S. The highest BCUT2D eigenvalue weighted by Gasteiger charge is 2.14. The highest BCUT2D eigenvalue weighted by atomic mass is 79.9. The Morgan fingerprint density at radius 1 is 1.44 bits per heavy atom. The summed E-state index contributed by atoms with van der Waals surface area (Å²) in [5.41, 5.74) is 0.430. The molecular weight excluding hydrogens is 342 g/mol. The minimum Gasteiger partial charge on any atom is -0.341 e. The zero-order valence-corrected chi connectivity index (χ0v) is 13.1. The summed E-state index contributed by atoms with van der Waals surface area (Å²) in [5, 5.41) is 0.442. The van der Waals surface area contributed by atoms with Gasteiger partial charge in [-0.15, -0.1) is 0 Å². The molecule has 0 aliphatic heterocycles. The minimum atomic E-state index is -3.08. The number of sulfone groups is 1. The van der Waals surface area contributed by atoms with Crippen molar-refractivity contribution in [3.63, 3.8) is 0 Å². The number of hydrogen-bond donors (Lipinski definition) is 0. The molecule has 0 N–H and O–H groups in total. The summed E-state index contributed by atoms with van der Waals surface area (Å²) in [4.78, 5) is 13.3. The van der Waals surface area contributed by atoms with E-state index >= 15 is 0 Å². The van der Waals surface area contributed by atoms with E-state index < -0.39 is 9.84 Å². The molecule has 1 aromatic rings. The van der Waals surface area contributed by atoms with Gasteiger partial charge in [-0.1, -0.05) is 11.6 Å². The molecule has 0 bridgehead atoms. The van der Waals surface area contributed by atoms with E-state index in [4.69, 9.17) is 11.6 Å². The summed E-state index contributed by atoms with van der Waals surface area (Å²) in [7, 11) is -1.52. The lowest BCUT2D eigenvalue weighted by Crippen LogP contribution is -2.31. The molecule has 0 spiro atoms. The van der Waals surface area contributed by atoms with Crippen LogP contribution in [0.4, 0.5) is 0 Å². The van der Waals surface area contributed by atoms with Gasteiger partial charge < -0.3 is 4.90 Å². The van der Waals surface area contributed by atoms with Gasteiger partial charge in [0.25, 0.3) is 5.91 Å². The average Bonchev–Trinajstić information content (AvgIpc) is 2.27. The fraction of sp³-hybridized carbons (Fsp3) is 0.364. The maximum absolute atomic E-state index is 12.0. The number of carbonyl (C=O) groups is 1. The van der Waals surface area contributed by atoms with Crippen molar-refractivity contribution in [1.29, 1.82) is 0 Å². The summed E-state index contributed by atoms with van der Waals surface area (Å²) in [5.74, 6) is -0.312. The summed E-state index contributed by atoms with van der Waals surface area (Å²) in [6.45, 7) is 0.158. The van der Waals surface area contributed by atoms with Crippen LogP contribution in [0.1, 0.15) is 10.4 Å². The molecule has 4 nitrogen and oxygen atoms in total. The van der Waals surface area contributed by atoms with E-state index in [0.29, 0.717) is 15.1 Å². The molecule has 100 valence electrons. The second kappa shape index (κ2) is 6.04. The number of nitrogens with zero attached hydrogens (tertiary/aromatic N) is 1. The Balaban J connectivity index is 2.77. The first-order valence-corrected chi connectivity index (χ1v) is 8.32. The standard InChI is InChI=1S/C11H13BrClNO3S/c1-14(5-6-18(2,16)17)11(15)8-3-4-9(12)10(13)7-8/h3-4,7H,5-6H2,1-2H3. The lowest BCUT2D eigenvalue weighted by molar-refractivity contribution is 0.0803. The lowest BCUT2D eigenvalue weighted by atomic mass is 10.2. The van der Waals surface area contributed by atoms with Gasteiger partial charge in [-0.2, -0.15) is 0 Å². The van der Waals surface area contributed by atoms with Crippen molar-refractivity contribution >= 4 is 43.3 Å². The molecule has 0 fully saturated rings. The molecule has 0 saturated carbocycles. The van der Waals surface area contributed by atoms with Crippen LogP contribution in [0.3, 0.4) is 0 Å². The predicted octanol–water partition coefficient (Wildman–Crippen LogP) is 2.22. The van der Waals surface area contributed by atoms with E-state index in [0.717, 1.165) is 6.26 Å². The number of amides is 1. The first kappa shape index (κ1) is 15.5. The van der Waals surface area contributed by atoms with E-state index in [1.165, 1.54) is 4.90 Å². The van der Waals surface area contributed by atoms with Crippen LogP contribution in [-0.4, -0.2) is 44.8 Å². The molecule has 0 aliphatic carbocycles. The minimum absolute atomic E-state index is 0.0561. The van der Waals surface area contributed by atoms with Crippen LogP contribution in [0, 0.1) is 0 Å². The van der Waals surface area contributed by atoms with Crippen molar-refractivity contribution in [3.05, 3.63) is 33.3 Å². The quantitative estimate of drug-likeness (QED) is 0.833. The molecule has 1 rings (SSSR count). The Morgan fingerprint density at radius 3 is 2.56 bits per heavy atom. The van der Waals surface area contributed by atoms with Gasteiger partial charge >= 0.3 is 0 Å². The summed E-state index contributed by atoms with van der Waals surface area (Å²) < 4.78 is 22.8. The van der Waals surface area contributed by atoms with Crippen molar-refractivity contribution in [3.8, 4) is 0 Å². The third-order valence-electron chi connectivity index (χ3n) is 2.31. The molecule has 0 heterocycles. The number of halogens is 2. The molecule has 0 atom stereocenters. The fourth-order valence-corrected chi connectivity index (χ4v) is 2.29. The summed E-state index contributed by atoms with van der Waals surface area (Å²) in [6, 6.07) is 4.86. The van der Waals surface area contributed by atoms with Crippen LogP contribution in [0.2, 0.25) is 5.02 Å². The Bertz CT molecular complexity index is 559. The third kappa shape index (κ3) is 4.59. The molecule has 1 aromatic carbocycles. The number of benzene rings is 1. The smallest absolute Gasteiger partial charge is 0.253 e. The van der Waals surface area contributed by atoms with Crippen LogP contribution in [0.25, 0.3) is 0 Å². The molecule has 0 radical (unpaired) electrons. The monoisotopic (exact) mass is 353 g/mol. The first-order valence-electron chi connectivity index (χ1n) is 5.09. The molecule has 18 heavy (non-hydrogen) atoms. The third-order valence-corrected chi connectivity index (χ3v) is 4.47. The first-order chi connectivity index (χ1) is 8.20. The van der Waals surface area contributed by atoms with Gasteiger partial charge in [-0.05, 0) is 34.1 Å². The topological polar surface area (TPSA) is 54.5 Å². The van der Waals surface area contributed by atoms with E-state index in [9.17, 15) is 13.2 Å². The van der Waals surface area contributed by atoms with Crippen molar-refractivity contribution in [2.45, 2.75) is 0 Å².